The first-order chi connectivity index (χ1) is 16.4. The van der Waals surface area contributed by atoms with Crippen molar-refractivity contribution >= 4 is 39.4 Å². The Kier molecular flexibility index (Phi) is 7.06. The van der Waals surface area contributed by atoms with Crippen molar-refractivity contribution in [3.05, 3.63) is 62.0 Å². The lowest BCUT2D eigenvalue weighted by Crippen LogP contribution is -2.28. The van der Waals surface area contributed by atoms with Gasteiger partial charge in [0.25, 0.3) is 11.5 Å². The number of hydrogen-bond donors (Lipinski definition) is 1. The first-order valence-electron chi connectivity index (χ1n) is 11.0. The quantitative estimate of drug-likeness (QED) is 0.536. The average molecular weight is 484 g/mol. The third-order valence-electron chi connectivity index (χ3n) is 5.80. The topological polar surface area (TPSA) is 117 Å². The molecule has 34 heavy (non-hydrogen) atoms. The summed E-state index contributed by atoms with van der Waals surface area (Å²) in [6.07, 6.45) is 3.73. The van der Waals surface area contributed by atoms with Gasteiger partial charge in [-0.3, -0.25) is 14.2 Å². The lowest BCUT2D eigenvalue weighted by atomic mass is 10.1. The van der Waals surface area contributed by atoms with Crippen molar-refractivity contribution in [1.29, 1.82) is 0 Å². The van der Waals surface area contributed by atoms with Crippen LogP contribution in [0.1, 0.15) is 56.2 Å². The molecule has 0 saturated heterocycles. The molecule has 10 heteroatoms. The standard InChI is InChI=1S/C24H25N3O6S/c1-14-19-21(26-17-6-4-3-5-11-27(17)22(19)29)34-20(14)24(31)33-13-18(28)25-12-15-7-9-16(10-8-15)23(30)32-2/h7-10H,3-6,11-13H2,1-2H3,(H,25,28). The minimum atomic E-state index is -0.655. The molecule has 0 fully saturated rings. The Morgan fingerprint density at radius 2 is 1.88 bits per heavy atom. The van der Waals surface area contributed by atoms with E-state index in [0.717, 1.165) is 48.4 Å². The molecular weight excluding hydrogens is 458 g/mol. The monoisotopic (exact) mass is 483 g/mol. The van der Waals surface area contributed by atoms with Crippen LogP contribution in [-0.2, 0) is 33.8 Å². The van der Waals surface area contributed by atoms with E-state index in [4.69, 9.17) is 4.74 Å². The molecule has 1 amide bonds. The number of benzene rings is 1. The minimum absolute atomic E-state index is 0.120. The summed E-state index contributed by atoms with van der Waals surface area (Å²) in [6, 6.07) is 6.61. The number of rotatable bonds is 6. The number of methoxy groups -OCH3 is 1. The Labute approximate surface area is 199 Å². The fourth-order valence-corrected chi connectivity index (χ4v) is 5.01. The van der Waals surface area contributed by atoms with Gasteiger partial charge >= 0.3 is 11.9 Å². The molecule has 0 atom stereocenters. The van der Waals surface area contributed by atoms with Crippen LogP contribution in [0.5, 0.6) is 0 Å². The van der Waals surface area contributed by atoms with Crippen LogP contribution < -0.4 is 10.9 Å². The molecule has 3 aromatic rings. The summed E-state index contributed by atoms with van der Waals surface area (Å²) in [4.78, 5) is 54.8. The Morgan fingerprint density at radius 1 is 1.12 bits per heavy atom. The second-order valence-electron chi connectivity index (χ2n) is 8.07. The van der Waals surface area contributed by atoms with Gasteiger partial charge in [-0.1, -0.05) is 18.6 Å². The number of aromatic nitrogens is 2. The third kappa shape index (κ3) is 4.86. The molecule has 0 unspecified atom stereocenters. The van der Waals surface area contributed by atoms with Gasteiger partial charge in [0.15, 0.2) is 6.61 Å². The predicted octanol–water partition coefficient (Wildman–Crippen LogP) is 2.75. The number of thiophene rings is 1. The number of fused-ring (bicyclic) bond motifs is 2. The molecule has 178 valence electrons. The van der Waals surface area contributed by atoms with Crippen LogP contribution in [0, 0.1) is 6.92 Å². The van der Waals surface area contributed by atoms with Crippen molar-refractivity contribution in [2.24, 2.45) is 0 Å². The molecular formula is C24H25N3O6S. The van der Waals surface area contributed by atoms with Crippen LogP contribution >= 0.6 is 11.3 Å². The zero-order chi connectivity index (χ0) is 24.2. The highest BCUT2D eigenvalue weighted by molar-refractivity contribution is 7.20. The second kappa shape index (κ2) is 10.2. The Morgan fingerprint density at radius 3 is 2.62 bits per heavy atom. The van der Waals surface area contributed by atoms with Gasteiger partial charge in [-0.15, -0.1) is 11.3 Å². The van der Waals surface area contributed by atoms with E-state index >= 15 is 0 Å². The van der Waals surface area contributed by atoms with Crippen LogP contribution in [-0.4, -0.2) is 41.1 Å². The molecule has 9 nitrogen and oxygen atoms in total. The molecule has 1 N–H and O–H groups in total. The Hall–Kier alpha value is -3.53. The number of esters is 2. The van der Waals surface area contributed by atoms with Crippen molar-refractivity contribution in [2.75, 3.05) is 13.7 Å². The fraction of sp³-hybridized carbons (Fsp3) is 0.375. The SMILES string of the molecule is COC(=O)c1ccc(CNC(=O)COC(=O)c2sc3nc4n(c(=O)c3c2C)CCCCC4)cc1. The van der Waals surface area contributed by atoms with E-state index in [1.807, 2.05) is 0 Å². The van der Waals surface area contributed by atoms with Gasteiger partial charge in [-0.05, 0) is 43.0 Å². The molecule has 4 rings (SSSR count). The van der Waals surface area contributed by atoms with Crippen molar-refractivity contribution in [3.8, 4) is 0 Å². The molecule has 2 aromatic heterocycles. The molecule has 0 radical (unpaired) electrons. The van der Waals surface area contributed by atoms with Crippen LogP contribution in [0.15, 0.2) is 29.1 Å². The molecule has 1 aliphatic heterocycles. The van der Waals surface area contributed by atoms with Crippen molar-refractivity contribution in [3.63, 3.8) is 0 Å². The Bertz CT molecular complexity index is 1310. The number of nitrogens with one attached hydrogen (secondary N) is 1. The maximum atomic E-state index is 13.0. The van der Waals surface area contributed by atoms with Gasteiger partial charge in [0.1, 0.15) is 15.5 Å². The van der Waals surface area contributed by atoms with Gasteiger partial charge < -0.3 is 14.8 Å². The molecule has 0 bridgehead atoms. The number of aryl methyl sites for hydroxylation is 2. The van der Waals surface area contributed by atoms with E-state index in [1.54, 1.807) is 35.8 Å². The summed E-state index contributed by atoms with van der Waals surface area (Å²) in [7, 11) is 1.31. The van der Waals surface area contributed by atoms with E-state index in [-0.39, 0.29) is 17.0 Å². The highest BCUT2D eigenvalue weighted by Crippen LogP contribution is 2.29. The summed E-state index contributed by atoms with van der Waals surface area (Å²) < 4.78 is 11.6. The molecule has 3 heterocycles. The van der Waals surface area contributed by atoms with Crippen molar-refractivity contribution < 1.29 is 23.9 Å². The maximum absolute atomic E-state index is 13.0. The lowest BCUT2D eigenvalue weighted by molar-refractivity contribution is -0.124. The van der Waals surface area contributed by atoms with E-state index in [2.05, 4.69) is 15.0 Å². The normalized spacial score (nSPS) is 13.1. The number of nitrogens with zero attached hydrogens (tertiary/aromatic N) is 2. The average Bonchev–Trinajstić information content (AvgIpc) is 3.01. The molecule has 0 aliphatic carbocycles. The highest BCUT2D eigenvalue weighted by Gasteiger charge is 2.23. The highest BCUT2D eigenvalue weighted by atomic mass is 32.1. The van der Waals surface area contributed by atoms with E-state index < -0.39 is 24.5 Å². The maximum Gasteiger partial charge on any atom is 0.349 e. The molecule has 1 aliphatic rings. The summed E-state index contributed by atoms with van der Waals surface area (Å²) in [5.74, 6) is -0.797. The van der Waals surface area contributed by atoms with E-state index in [9.17, 15) is 19.2 Å². The largest absolute Gasteiger partial charge is 0.465 e. The second-order valence-corrected chi connectivity index (χ2v) is 9.07. The van der Waals surface area contributed by atoms with Gasteiger partial charge in [0, 0.05) is 19.5 Å². The number of carbonyl (C=O) groups excluding carboxylic acids is 3. The third-order valence-corrected chi connectivity index (χ3v) is 6.96. The van der Waals surface area contributed by atoms with Crippen LogP contribution in [0.25, 0.3) is 10.2 Å². The Balaban J connectivity index is 1.39. The lowest BCUT2D eigenvalue weighted by Gasteiger charge is -2.08. The van der Waals surface area contributed by atoms with Gasteiger partial charge in [-0.25, -0.2) is 14.6 Å². The van der Waals surface area contributed by atoms with Crippen molar-refractivity contribution in [2.45, 2.75) is 45.7 Å². The summed E-state index contributed by atoms with van der Waals surface area (Å²) in [5.41, 5.74) is 1.61. The summed E-state index contributed by atoms with van der Waals surface area (Å²) >= 11 is 1.12. The first-order valence-corrected chi connectivity index (χ1v) is 11.8. The van der Waals surface area contributed by atoms with Crippen LogP contribution in [0.2, 0.25) is 0 Å². The van der Waals surface area contributed by atoms with Crippen LogP contribution in [0.4, 0.5) is 0 Å². The van der Waals surface area contributed by atoms with Gasteiger partial charge in [-0.2, -0.15) is 0 Å². The minimum Gasteiger partial charge on any atom is -0.465 e. The summed E-state index contributed by atoms with van der Waals surface area (Å²) in [6.45, 7) is 2.11. The van der Waals surface area contributed by atoms with Gasteiger partial charge in [0.2, 0.25) is 0 Å². The summed E-state index contributed by atoms with van der Waals surface area (Å²) in [5, 5.41) is 3.11. The number of hydrogen-bond acceptors (Lipinski definition) is 8. The van der Waals surface area contributed by atoms with E-state index in [1.165, 1.54) is 7.11 Å². The zero-order valence-corrected chi connectivity index (χ0v) is 19.8. The molecule has 1 aromatic carbocycles. The number of carbonyl (C=O) groups is 3. The smallest absolute Gasteiger partial charge is 0.349 e. The number of amides is 1. The van der Waals surface area contributed by atoms with E-state index in [0.29, 0.717) is 27.9 Å². The number of ether oxygens (including phenoxy) is 2. The van der Waals surface area contributed by atoms with Crippen LogP contribution in [0.3, 0.4) is 0 Å². The molecule has 0 spiro atoms. The van der Waals surface area contributed by atoms with Gasteiger partial charge in [0.05, 0.1) is 18.1 Å². The van der Waals surface area contributed by atoms with Crippen molar-refractivity contribution in [1.82, 2.24) is 14.9 Å². The predicted molar refractivity (Wildman–Crippen MR) is 126 cm³/mol. The fourth-order valence-electron chi connectivity index (χ4n) is 3.93. The zero-order valence-electron chi connectivity index (χ0n) is 19.0. The molecule has 0 saturated carbocycles. The first kappa shape index (κ1) is 23.6.